The van der Waals surface area contributed by atoms with Gasteiger partial charge in [0.25, 0.3) is 0 Å². The number of rotatable bonds is 4. The molecule has 2 N–H and O–H groups in total. The minimum atomic E-state index is -0.0989. The van der Waals surface area contributed by atoms with Crippen LogP contribution in [-0.2, 0) is 11.3 Å². The number of hydrogen-bond acceptors (Lipinski definition) is 6. The second kappa shape index (κ2) is 5.74. The monoisotopic (exact) mass is 278 g/mol. The fraction of sp³-hybridized carbons (Fsp3) is 0.538. The first-order chi connectivity index (χ1) is 9.79. The summed E-state index contributed by atoms with van der Waals surface area (Å²) in [6.45, 7) is 4.57. The Morgan fingerprint density at radius 2 is 2.45 bits per heavy atom. The smallest absolute Gasteiger partial charge is 0.170 e. The molecule has 3 rings (SSSR count). The minimum absolute atomic E-state index is 0.0314. The van der Waals surface area contributed by atoms with E-state index in [0.717, 1.165) is 30.0 Å². The van der Waals surface area contributed by atoms with E-state index in [2.05, 4.69) is 15.6 Å². The molecule has 1 fully saturated rings. The van der Waals surface area contributed by atoms with Crippen molar-refractivity contribution in [2.24, 2.45) is 0 Å². The van der Waals surface area contributed by atoms with Gasteiger partial charge in [0.2, 0.25) is 0 Å². The summed E-state index contributed by atoms with van der Waals surface area (Å²) in [6.07, 6.45) is 1.64. The summed E-state index contributed by atoms with van der Waals surface area (Å²) >= 11 is 0. The molecule has 1 saturated heterocycles. The molecule has 2 aromatic heterocycles. The lowest BCUT2D eigenvalue weighted by atomic mass is 10.1. The first-order valence-corrected chi connectivity index (χ1v) is 6.72. The average molecular weight is 278 g/mol. The summed E-state index contributed by atoms with van der Waals surface area (Å²) in [5.74, 6) is 0.677. The van der Waals surface area contributed by atoms with E-state index in [1.165, 1.54) is 0 Å². The number of nitrogens with zero attached hydrogens (tertiary/aromatic N) is 3. The van der Waals surface area contributed by atoms with Gasteiger partial charge in [-0.2, -0.15) is 5.10 Å². The van der Waals surface area contributed by atoms with Gasteiger partial charge in [-0.15, -0.1) is 0 Å². The first-order valence-electron chi connectivity index (χ1n) is 6.72. The van der Waals surface area contributed by atoms with Crippen molar-refractivity contribution in [1.29, 1.82) is 0 Å². The van der Waals surface area contributed by atoms with Crippen LogP contribution in [0.5, 0.6) is 0 Å². The van der Waals surface area contributed by atoms with Crippen molar-refractivity contribution in [3.8, 4) is 11.3 Å². The van der Waals surface area contributed by atoms with Gasteiger partial charge >= 0.3 is 0 Å². The number of morpholine rings is 1. The van der Waals surface area contributed by atoms with Crippen LogP contribution in [0.1, 0.15) is 17.5 Å². The molecule has 0 radical (unpaired) electrons. The average Bonchev–Trinajstić information content (AvgIpc) is 3.06. The van der Waals surface area contributed by atoms with Crippen LogP contribution >= 0.6 is 0 Å². The highest BCUT2D eigenvalue weighted by molar-refractivity contribution is 5.60. The standard InChI is InChI=1S/C13H18N4O3/c1-9-6-11(20-16-9)10-7-15-17(3-4-18)13(10)12-8-14-2-5-19-12/h6-7,12,14,18H,2-5,8H2,1H3. The molecule has 1 aliphatic rings. The molecule has 0 aliphatic carbocycles. The van der Waals surface area contributed by atoms with Gasteiger partial charge in [-0.3, -0.25) is 4.68 Å². The topological polar surface area (TPSA) is 85.3 Å². The van der Waals surface area contributed by atoms with Gasteiger partial charge in [0.05, 0.1) is 42.9 Å². The number of aryl methyl sites for hydroxylation is 1. The van der Waals surface area contributed by atoms with E-state index in [1.807, 2.05) is 13.0 Å². The van der Waals surface area contributed by atoms with Crippen molar-refractivity contribution in [2.75, 3.05) is 26.3 Å². The summed E-state index contributed by atoms with van der Waals surface area (Å²) in [5.41, 5.74) is 2.61. The van der Waals surface area contributed by atoms with E-state index in [4.69, 9.17) is 9.26 Å². The van der Waals surface area contributed by atoms with Crippen molar-refractivity contribution < 1.29 is 14.4 Å². The van der Waals surface area contributed by atoms with Crippen molar-refractivity contribution in [2.45, 2.75) is 19.6 Å². The maximum absolute atomic E-state index is 9.17. The van der Waals surface area contributed by atoms with Gasteiger partial charge in [-0.1, -0.05) is 5.16 Å². The van der Waals surface area contributed by atoms with Gasteiger partial charge in [-0.25, -0.2) is 0 Å². The molecule has 2 aromatic rings. The van der Waals surface area contributed by atoms with E-state index >= 15 is 0 Å². The maximum atomic E-state index is 9.17. The molecule has 7 nitrogen and oxygen atoms in total. The molecule has 0 aromatic carbocycles. The molecule has 3 heterocycles. The number of aliphatic hydroxyl groups excluding tert-OH is 1. The molecule has 108 valence electrons. The largest absolute Gasteiger partial charge is 0.394 e. The van der Waals surface area contributed by atoms with Crippen LogP contribution in [0.15, 0.2) is 16.8 Å². The van der Waals surface area contributed by atoms with Gasteiger partial charge in [0.1, 0.15) is 6.10 Å². The molecular weight excluding hydrogens is 260 g/mol. The molecular formula is C13H18N4O3. The van der Waals surface area contributed by atoms with Crippen LogP contribution in [-0.4, -0.2) is 46.3 Å². The number of aliphatic hydroxyl groups is 1. The molecule has 20 heavy (non-hydrogen) atoms. The van der Waals surface area contributed by atoms with Crippen molar-refractivity contribution in [3.63, 3.8) is 0 Å². The molecule has 0 saturated carbocycles. The molecule has 1 aliphatic heterocycles. The lowest BCUT2D eigenvalue weighted by Crippen LogP contribution is -2.34. The Labute approximate surface area is 116 Å². The zero-order valence-corrected chi connectivity index (χ0v) is 11.4. The highest BCUT2D eigenvalue weighted by Crippen LogP contribution is 2.31. The van der Waals surface area contributed by atoms with E-state index in [1.54, 1.807) is 10.9 Å². The Morgan fingerprint density at radius 3 is 3.10 bits per heavy atom. The summed E-state index contributed by atoms with van der Waals surface area (Å²) in [6, 6.07) is 1.88. The molecule has 1 unspecified atom stereocenters. The Hall–Kier alpha value is -1.70. The summed E-state index contributed by atoms with van der Waals surface area (Å²) in [7, 11) is 0. The molecule has 0 amide bonds. The van der Waals surface area contributed by atoms with Crippen LogP contribution < -0.4 is 5.32 Å². The van der Waals surface area contributed by atoms with Gasteiger partial charge in [0.15, 0.2) is 5.76 Å². The number of ether oxygens (including phenoxy) is 1. The van der Waals surface area contributed by atoms with Crippen molar-refractivity contribution >= 4 is 0 Å². The van der Waals surface area contributed by atoms with Crippen molar-refractivity contribution in [1.82, 2.24) is 20.3 Å². The molecule has 1 atom stereocenters. The highest BCUT2D eigenvalue weighted by atomic mass is 16.5. The lowest BCUT2D eigenvalue weighted by Gasteiger charge is -2.25. The highest BCUT2D eigenvalue weighted by Gasteiger charge is 2.26. The van der Waals surface area contributed by atoms with Gasteiger partial charge < -0.3 is 19.7 Å². The number of nitrogens with one attached hydrogen (secondary N) is 1. The summed E-state index contributed by atoms with van der Waals surface area (Å²) in [5, 5.41) is 20.7. The minimum Gasteiger partial charge on any atom is -0.394 e. The Bertz CT molecular complexity index is 572. The van der Waals surface area contributed by atoms with Crippen LogP contribution in [0.3, 0.4) is 0 Å². The molecule has 0 bridgehead atoms. The second-order valence-corrected chi connectivity index (χ2v) is 4.79. The number of hydrogen-bond donors (Lipinski definition) is 2. The van der Waals surface area contributed by atoms with E-state index in [9.17, 15) is 5.11 Å². The molecule has 0 spiro atoms. The third kappa shape index (κ3) is 2.47. The third-order valence-corrected chi connectivity index (χ3v) is 3.32. The zero-order valence-electron chi connectivity index (χ0n) is 11.4. The third-order valence-electron chi connectivity index (χ3n) is 3.32. The summed E-state index contributed by atoms with van der Waals surface area (Å²) in [4.78, 5) is 0. The predicted molar refractivity (Wildman–Crippen MR) is 71.1 cm³/mol. The Balaban J connectivity index is 2.00. The van der Waals surface area contributed by atoms with Gasteiger partial charge in [0, 0.05) is 19.2 Å². The Morgan fingerprint density at radius 1 is 1.55 bits per heavy atom. The van der Waals surface area contributed by atoms with Crippen LogP contribution in [0.4, 0.5) is 0 Å². The SMILES string of the molecule is Cc1cc(-c2cnn(CCO)c2C2CNCCO2)on1. The fourth-order valence-corrected chi connectivity index (χ4v) is 2.43. The first kappa shape index (κ1) is 13.3. The predicted octanol–water partition coefficient (Wildman–Crippen LogP) is 0.500. The molecule has 7 heteroatoms. The second-order valence-electron chi connectivity index (χ2n) is 4.79. The lowest BCUT2D eigenvalue weighted by molar-refractivity contribution is 0.0218. The van der Waals surface area contributed by atoms with Crippen LogP contribution in [0.2, 0.25) is 0 Å². The van der Waals surface area contributed by atoms with E-state index < -0.39 is 0 Å². The Kier molecular flexibility index (Phi) is 3.81. The number of aromatic nitrogens is 3. The van der Waals surface area contributed by atoms with E-state index in [-0.39, 0.29) is 12.7 Å². The quantitative estimate of drug-likeness (QED) is 0.847. The van der Waals surface area contributed by atoms with Crippen LogP contribution in [0, 0.1) is 6.92 Å². The fourth-order valence-electron chi connectivity index (χ4n) is 2.43. The normalized spacial score (nSPS) is 19.4. The van der Waals surface area contributed by atoms with Gasteiger partial charge in [-0.05, 0) is 6.92 Å². The zero-order chi connectivity index (χ0) is 13.9. The van der Waals surface area contributed by atoms with E-state index in [0.29, 0.717) is 18.9 Å². The summed E-state index contributed by atoms with van der Waals surface area (Å²) < 4.78 is 12.9. The van der Waals surface area contributed by atoms with Crippen LogP contribution in [0.25, 0.3) is 11.3 Å². The maximum Gasteiger partial charge on any atom is 0.170 e. The van der Waals surface area contributed by atoms with Crippen molar-refractivity contribution in [3.05, 3.63) is 23.7 Å².